The average molecular weight is 179 g/mol. The summed E-state index contributed by atoms with van der Waals surface area (Å²) in [6, 6.07) is 0.885. The summed E-state index contributed by atoms with van der Waals surface area (Å²) in [5.74, 6) is 4.35. The minimum Gasteiger partial charge on any atom is -0.301 e. The lowest BCUT2D eigenvalue weighted by atomic mass is 9.90. The molecule has 0 saturated heterocycles. The van der Waals surface area contributed by atoms with Crippen molar-refractivity contribution in [3.05, 3.63) is 0 Å². The Balaban J connectivity index is 2.45. The van der Waals surface area contributed by atoms with Crippen molar-refractivity contribution in [2.45, 2.75) is 52.1 Å². The Bertz CT molecular complexity index is 190. The van der Waals surface area contributed by atoms with Crippen molar-refractivity contribution >= 4 is 0 Å². The van der Waals surface area contributed by atoms with E-state index in [4.69, 9.17) is 6.42 Å². The van der Waals surface area contributed by atoms with Crippen LogP contribution < -0.4 is 5.32 Å². The molecule has 0 radical (unpaired) electrons. The maximum atomic E-state index is 5.36. The number of nitrogens with one attached hydrogen (secondary N) is 1. The Labute approximate surface area is 82.3 Å². The number of hydrogen-bond donors (Lipinski definition) is 1. The van der Waals surface area contributed by atoms with Gasteiger partial charge in [0.1, 0.15) is 0 Å². The molecule has 74 valence electrons. The van der Waals surface area contributed by atoms with E-state index in [2.05, 4.69) is 32.0 Å². The third-order valence-corrected chi connectivity index (χ3v) is 3.14. The van der Waals surface area contributed by atoms with Gasteiger partial charge in [-0.15, -0.1) is 6.42 Å². The summed E-state index contributed by atoms with van der Waals surface area (Å²) in [4.78, 5) is 0. The van der Waals surface area contributed by atoms with Gasteiger partial charge in [-0.25, -0.2) is 0 Å². The second-order valence-electron chi connectivity index (χ2n) is 4.50. The Morgan fingerprint density at radius 3 is 2.54 bits per heavy atom. The van der Waals surface area contributed by atoms with E-state index in [1.54, 1.807) is 0 Å². The highest BCUT2D eigenvalue weighted by Gasteiger charge is 2.29. The smallest absolute Gasteiger partial charge is 0.0660 e. The maximum Gasteiger partial charge on any atom is 0.0660 e. The van der Waals surface area contributed by atoms with Crippen molar-refractivity contribution in [3.8, 4) is 12.3 Å². The second kappa shape index (κ2) is 4.67. The van der Waals surface area contributed by atoms with Gasteiger partial charge < -0.3 is 5.32 Å². The van der Waals surface area contributed by atoms with Crippen LogP contribution in [-0.4, -0.2) is 12.1 Å². The van der Waals surface area contributed by atoms with Crippen LogP contribution in [0.3, 0.4) is 0 Å². The molecule has 0 aromatic carbocycles. The predicted octanol–water partition coefficient (Wildman–Crippen LogP) is 2.42. The van der Waals surface area contributed by atoms with Crippen molar-refractivity contribution in [1.29, 1.82) is 0 Å². The molecule has 3 unspecified atom stereocenters. The fraction of sp³-hybridized carbons (Fsp3) is 0.833. The summed E-state index contributed by atoms with van der Waals surface area (Å²) in [5.41, 5.74) is 0. The first-order valence-corrected chi connectivity index (χ1v) is 5.37. The standard InChI is InChI=1S/C12H21N/c1-5-10(4)13-12-8-6-7-11(12)9(2)3/h1,9-13H,6-8H2,2-4H3. The van der Waals surface area contributed by atoms with Gasteiger partial charge >= 0.3 is 0 Å². The maximum absolute atomic E-state index is 5.36. The summed E-state index contributed by atoms with van der Waals surface area (Å²) in [6.45, 7) is 6.69. The molecule has 0 aromatic rings. The third kappa shape index (κ3) is 2.74. The molecule has 13 heavy (non-hydrogen) atoms. The van der Waals surface area contributed by atoms with Crippen LogP contribution in [0.25, 0.3) is 0 Å². The van der Waals surface area contributed by atoms with E-state index in [1.807, 2.05) is 0 Å². The Kier molecular flexibility index (Phi) is 3.81. The van der Waals surface area contributed by atoms with E-state index in [0.717, 1.165) is 11.8 Å². The fourth-order valence-corrected chi connectivity index (χ4v) is 2.36. The van der Waals surface area contributed by atoms with E-state index < -0.39 is 0 Å². The summed E-state index contributed by atoms with van der Waals surface area (Å²) in [6.07, 6.45) is 9.39. The van der Waals surface area contributed by atoms with Crippen molar-refractivity contribution in [3.63, 3.8) is 0 Å². The zero-order valence-electron chi connectivity index (χ0n) is 9.01. The monoisotopic (exact) mass is 179 g/mol. The summed E-state index contributed by atoms with van der Waals surface area (Å²) < 4.78 is 0. The van der Waals surface area contributed by atoms with Gasteiger partial charge in [0.2, 0.25) is 0 Å². The molecular weight excluding hydrogens is 158 g/mol. The topological polar surface area (TPSA) is 12.0 Å². The molecule has 0 aliphatic heterocycles. The van der Waals surface area contributed by atoms with E-state index in [0.29, 0.717) is 6.04 Å². The predicted molar refractivity (Wildman–Crippen MR) is 57.4 cm³/mol. The summed E-state index contributed by atoms with van der Waals surface area (Å²) in [7, 11) is 0. The highest BCUT2D eigenvalue weighted by atomic mass is 15.0. The molecule has 1 heteroatoms. The van der Waals surface area contributed by atoms with E-state index in [9.17, 15) is 0 Å². The van der Waals surface area contributed by atoms with E-state index in [1.165, 1.54) is 19.3 Å². The third-order valence-electron chi connectivity index (χ3n) is 3.14. The lowest BCUT2D eigenvalue weighted by Gasteiger charge is -2.25. The van der Waals surface area contributed by atoms with Gasteiger partial charge in [-0.05, 0) is 31.6 Å². The van der Waals surface area contributed by atoms with Crippen LogP contribution in [0.4, 0.5) is 0 Å². The van der Waals surface area contributed by atoms with Crippen LogP contribution >= 0.6 is 0 Å². The van der Waals surface area contributed by atoms with Gasteiger partial charge in [-0.1, -0.05) is 26.2 Å². The number of terminal acetylenes is 1. The van der Waals surface area contributed by atoms with Crippen LogP contribution in [0.2, 0.25) is 0 Å². The quantitative estimate of drug-likeness (QED) is 0.656. The van der Waals surface area contributed by atoms with E-state index >= 15 is 0 Å². The lowest BCUT2D eigenvalue weighted by molar-refractivity contribution is 0.308. The van der Waals surface area contributed by atoms with Crippen molar-refractivity contribution in [1.82, 2.24) is 5.32 Å². The minimum absolute atomic E-state index is 0.226. The zero-order chi connectivity index (χ0) is 9.84. The van der Waals surface area contributed by atoms with Crippen LogP contribution in [-0.2, 0) is 0 Å². The zero-order valence-corrected chi connectivity index (χ0v) is 9.01. The van der Waals surface area contributed by atoms with Crippen LogP contribution in [0.15, 0.2) is 0 Å². The van der Waals surface area contributed by atoms with Crippen molar-refractivity contribution < 1.29 is 0 Å². The van der Waals surface area contributed by atoms with E-state index in [-0.39, 0.29) is 6.04 Å². The second-order valence-corrected chi connectivity index (χ2v) is 4.50. The largest absolute Gasteiger partial charge is 0.301 e. The summed E-state index contributed by atoms with van der Waals surface area (Å²) >= 11 is 0. The molecule has 0 aromatic heterocycles. The molecule has 0 spiro atoms. The Hall–Kier alpha value is -0.480. The molecule has 1 aliphatic carbocycles. The SMILES string of the molecule is C#CC(C)NC1CCCC1C(C)C. The van der Waals surface area contributed by atoms with Crippen LogP contribution in [0.5, 0.6) is 0 Å². The van der Waals surface area contributed by atoms with Gasteiger partial charge in [-0.3, -0.25) is 0 Å². The molecule has 1 nitrogen and oxygen atoms in total. The molecule has 3 atom stereocenters. The molecule has 1 rings (SSSR count). The first-order chi connectivity index (χ1) is 6.15. The van der Waals surface area contributed by atoms with Crippen molar-refractivity contribution in [2.75, 3.05) is 0 Å². The Morgan fingerprint density at radius 2 is 2.00 bits per heavy atom. The lowest BCUT2D eigenvalue weighted by Crippen LogP contribution is -2.39. The Morgan fingerprint density at radius 1 is 1.31 bits per heavy atom. The van der Waals surface area contributed by atoms with Gasteiger partial charge in [0.15, 0.2) is 0 Å². The molecule has 0 amide bonds. The number of hydrogen-bond acceptors (Lipinski definition) is 1. The first kappa shape index (κ1) is 10.6. The normalized spacial score (nSPS) is 30.4. The van der Waals surface area contributed by atoms with Crippen LogP contribution in [0.1, 0.15) is 40.0 Å². The molecule has 1 aliphatic rings. The first-order valence-electron chi connectivity index (χ1n) is 5.37. The highest BCUT2D eigenvalue weighted by molar-refractivity contribution is 4.99. The molecule has 0 heterocycles. The minimum atomic E-state index is 0.226. The molecule has 1 N–H and O–H groups in total. The molecule has 1 fully saturated rings. The van der Waals surface area contributed by atoms with Gasteiger partial charge in [-0.2, -0.15) is 0 Å². The fourth-order valence-electron chi connectivity index (χ4n) is 2.36. The van der Waals surface area contributed by atoms with Crippen molar-refractivity contribution in [2.24, 2.45) is 11.8 Å². The van der Waals surface area contributed by atoms with Gasteiger partial charge in [0.25, 0.3) is 0 Å². The molecular formula is C12H21N. The highest BCUT2D eigenvalue weighted by Crippen LogP contribution is 2.31. The molecule has 1 saturated carbocycles. The van der Waals surface area contributed by atoms with Crippen LogP contribution in [0, 0.1) is 24.2 Å². The number of rotatable bonds is 3. The molecule has 0 bridgehead atoms. The van der Waals surface area contributed by atoms with Gasteiger partial charge in [0, 0.05) is 6.04 Å². The average Bonchev–Trinajstić information content (AvgIpc) is 2.52. The summed E-state index contributed by atoms with van der Waals surface area (Å²) in [5, 5.41) is 3.52. The van der Waals surface area contributed by atoms with Gasteiger partial charge in [0.05, 0.1) is 6.04 Å².